The van der Waals surface area contributed by atoms with Gasteiger partial charge in [0.25, 0.3) is 0 Å². The Hall–Kier alpha value is -3.86. The molecular weight excluding hydrogens is 332 g/mol. The Balaban J connectivity index is 1.82. The maximum absolute atomic E-state index is 8.98. The molecule has 0 amide bonds. The van der Waals surface area contributed by atoms with E-state index in [1.165, 1.54) is 6.20 Å². The minimum atomic E-state index is 0.290. The highest BCUT2D eigenvalue weighted by Crippen LogP contribution is 2.30. The number of nitriles is 1. The maximum Gasteiger partial charge on any atom is 0.249 e. The molecule has 0 radical (unpaired) electrons. The van der Waals surface area contributed by atoms with Crippen molar-refractivity contribution in [2.45, 2.75) is 0 Å². The highest BCUT2D eigenvalue weighted by atomic mass is 16.5. The Morgan fingerprint density at radius 2 is 1.92 bits per heavy atom. The molecule has 0 aliphatic heterocycles. The smallest absolute Gasteiger partial charge is 0.249 e. The fraction of sp³-hybridized carbons (Fsp3) is 0.111. The van der Waals surface area contributed by atoms with Gasteiger partial charge in [0, 0.05) is 11.8 Å². The molecule has 130 valence electrons. The SMILES string of the molecule is COc1ccc(OC)c(Nc2nncc(Nc3cccc(C#N)c3)n2)c1. The van der Waals surface area contributed by atoms with Gasteiger partial charge in [-0.3, -0.25) is 0 Å². The van der Waals surface area contributed by atoms with E-state index in [1.54, 1.807) is 50.6 Å². The summed E-state index contributed by atoms with van der Waals surface area (Å²) in [4.78, 5) is 4.37. The third-order valence-corrected chi connectivity index (χ3v) is 3.48. The summed E-state index contributed by atoms with van der Waals surface area (Å²) in [6.45, 7) is 0. The minimum Gasteiger partial charge on any atom is -0.497 e. The van der Waals surface area contributed by atoms with Crippen LogP contribution in [0, 0.1) is 11.3 Å². The van der Waals surface area contributed by atoms with Gasteiger partial charge in [-0.05, 0) is 30.3 Å². The molecule has 0 aliphatic carbocycles. The molecule has 0 spiro atoms. The zero-order valence-corrected chi connectivity index (χ0v) is 14.2. The van der Waals surface area contributed by atoms with Crippen molar-refractivity contribution in [3.05, 3.63) is 54.2 Å². The van der Waals surface area contributed by atoms with Gasteiger partial charge in [-0.15, -0.1) is 5.10 Å². The summed E-state index contributed by atoms with van der Waals surface area (Å²) in [5, 5.41) is 23.1. The lowest BCUT2D eigenvalue weighted by Crippen LogP contribution is -2.03. The van der Waals surface area contributed by atoms with Crippen LogP contribution < -0.4 is 20.1 Å². The van der Waals surface area contributed by atoms with Crippen molar-refractivity contribution in [2.24, 2.45) is 0 Å². The maximum atomic E-state index is 8.98. The van der Waals surface area contributed by atoms with Crippen molar-refractivity contribution in [3.8, 4) is 17.6 Å². The van der Waals surface area contributed by atoms with Crippen LogP contribution >= 0.6 is 0 Å². The third-order valence-electron chi connectivity index (χ3n) is 3.48. The van der Waals surface area contributed by atoms with Crippen molar-refractivity contribution in [2.75, 3.05) is 24.9 Å². The van der Waals surface area contributed by atoms with E-state index in [0.717, 1.165) is 5.69 Å². The molecule has 2 N–H and O–H groups in total. The first-order valence-corrected chi connectivity index (χ1v) is 7.68. The van der Waals surface area contributed by atoms with Crippen molar-refractivity contribution < 1.29 is 9.47 Å². The summed E-state index contributed by atoms with van der Waals surface area (Å²) in [6.07, 6.45) is 1.49. The lowest BCUT2D eigenvalue weighted by Gasteiger charge is -2.12. The van der Waals surface area contributed by atoms with Crippen LogP contribution in [-0.2, 0) is 0 Å². The Morgan fingerprint density at radius 1 is 1.04 bits per heavy atom. The monoisotopic (exact) mass is 348 g/mol. The number of rotatable bonds is 6. The van der Waals surface area contributed by atoms with E-state index in [0.29, 0.717) is 28.6 Å². The number of ether oxygens (including phenoxy) is 2. The first-order valence-electron chi connectivity index (χ1n) is 7.68. The first-order chi connectivity index (χ1) is 12.7. The fourth-order valence-corrected chi connectivity index (χ4v) is 2.26. The molecule has 0 saturated carbocycles. The summed E-state index contributed by atoms with van der Waals surface area (Å²) in [7, 11) is 3.16. The molecule has 8 heteroatoms. The van der Waals surface area contributed by atoms with Crippen LogP contribution in [0.4, 0.5) is 23.1 Å². The van der Waals surface area contributed by atoms with Gasteiger partial charge in [0.15, 0.2) is 5.82 Å². The van der Waals surface area contributed by atoms with Crippen molar-refractivity contribution in [1.29, 1.82) is 5.26 Å². The normalized spacial score (nSPS) is 9.88. The summed E-state index contributed by atoms with van der Waals surface area (Å²) in [5.74, 6) is 2.07. The summed E-state index contributed by atoms with van der Waals surface area (Å²) >= 11 is 0. The molecule has 0 unspecified atom stereocenters. The molecule has 0 saturated heterocycles. The predicted octanol–water partition coefficient (Wildman–Crippen LogP) is 3.25. The summed E-state index contributed by atoms with van der Waals surface area (Å²) < 4.78 is 10.6. The Bertz CT molecular complexity index is 954. The van der Waals surface area contributed by atoms with Gasteiger partial charge in [-0.2, -0.15) is 15.3 Å². The predicted molar refractivity (Wildman–Crippen MR) is 97.1 cm³/mol. The molecule has 1 aromatic heterocycles. The van der Waals surface area contributed by atoms with Crippen LogP contribution in [0.15, 0.2) is 48.7 Å². The van der Waals surface area contributed by atoms with E-state index in [-0.39, 0.29) is 5.95 Å². The minimum absolute atomic E-state index is 0.290. The second kappa shape index (κ2) is 7.81. The molecular formula is C18H16N6O2. The Kier molecular flexibility index (Phi) is 5.10. The van der Waals surface area contributed by atoms with Gasteiger partial charge in [-0.1, -0.05) is 6.07 Å². The zero-order chi connectivity index (χ0) is 18.4. The van der Waals surface area contributed by atoms with E-state index >= 15 is 0 Å². The largest absolute Gasteiger partial charge is 0.497 e. The van der Waals surface area contributed by atoms with E-state index in [9.17, 15) is 0 Å². The number of benzene rings is 2. The summed E-state index contributed by atoms with van der Waals surface area (Å²) in [5.41, 5.74) is 1.93. The lowest BCUT2D eigenvalue weighted by molar-refractivity contribution is 0.405. The van der Waals surface area contributed by atoms with Gasteiger partial charge in [-0.25, -0.2) is 0 Å². The van der Waals surface area contributed by atoms with E-state index in [4.69, 9.17) is 14.7 Å². The number of nitrogens with zero attached hydrogens (tertiary/aromatic N) is 4. The van der Waals surface area contributed by atoms with Crippen LogP contribution in [0.1, 0.15) is 5.56 Å². The number of hydrogen-bond acceptors (Lipinski definition) is 8. The second-order valence-electron chi connectivity index (χ2n) is 5.17. The van der Waals surface area contributed by atoms with Crippen molar-refractivity contribution >= 4 is 23.1 Å². The van der Waals surface area contributed by atoms with Gasteiger partial charge in [0.2, 0.25) is 5.95 Å². The topological polar surface area (TPSA) is 105 Å². The average molecular weight is 348 g/mol. The number of methoxy groups -OCH3 is 2. The highest BCUT2D eigenvalue weighted by molar-refractivity contribution is 5.66. The molecule has 3 aromatic rings. The number of hydrogen-bond donors (Lipinski definition) is 2. The standard InChI is InChI=1S/C18H16N6O2/c1-25-14-6-7-16(26-2)15(9-14)22-18-23-17(11-20-24-18)21-13-5-3-4-12(8-13)10-19/h3-9,11H,1-2H3,(H2,21,22,23,24). The molecule has 0 atom stereocenters. The van der Waals surface area contributed by atoms with Crippen molar-refractivity contribution in [3.63, 3.8) is 0 Å². The zero-order valence-electron chi connectivity index (χ0n) is 14.2. The van der Waals surface area contributed by atoms with Gasteiger partial charge in [0.1, 0.15) is 11.5 Å². The number of nitrogens with one attached hydrogen (secondary N) is 2. The molecule has 0 bridgehead atoms. The van der Waals surface area contributed by atoms with Crippen LogP contribution in [0.25, 0.3) is 0 Å². The van der Waals surface area contributed by atoms with Gasteiger partial charge >= 0.3 is 0 Å². The third kappa shape index (κ3) is 3.96. The number of aromatic nitrogens is 3. The highest BCUT2D eigenvalue weighted by Gasteiger charge is 2.08. The van der Waals surface area contributed by atoms with Crippen LogP contribution in [-0.4, -0.2) is 29.4 Å². The van der Waals surface area contributed by atoms with Crippen molar-refractivity contribution in [1.82, 2.24) is 15.2 Å². The lowest BCUT2D eigenvalue weighted by atomic mass is 10.2. The van der Waals surface area contributed by atoms with Gasteiger partial charge < -0.3 is 20.1 Å². The molecule has 2 aromatic carbocycles. The molecule has 1 heterocycles. The van der Waals surface area contributed by atoms with Gasteiger partial charge in [0.05, 0.1) is 37.7 Å². The van der Waals surface area contributed by atoms with Crippen LogP contribution in [0.3, 0.4) is 0 Å². The molecule has 0 fully saturated rings. The number of anilines is 4. The molecule has 0 aliphatic rings. The Morgan fingerprint density at radius 3 is 2.69 bits per heavy atom. The Labute approximate surface area is 150 Å². The van der Waals surface area contributed by atoms with E-state index in [2.05, 4.69) is 31.9 Å². The van der Waals surface area contributed by atoms with E-state index < -0.39 is 0 Å². The molecule has 26 heavy (non-hydrogen) atoms. The van der Waals surface area contributed by atoms with Crippen LogP contribution in [0.5, 0.6) is 11.5 Å². The average Bonchev–Trinajstić information content (AvgIpc) is 2.68. The van der Waals surface area contributed by atoms with E-state index in [1.807, 2.05) is 6.07 Å². The summed E-state index contributed by atoms with van der Waals surface area (Å²) in [6, 6.07) is 14.5. The molecule has 3 rings (SSSR count). The van der Waals surface area contributed by atoms with Crippen LogP contribution in [0.2, 0.25) is 0 Å². The first kappa shape index (κ1) is 17.0. The quantitative estimate of drug-likeness (QED) is 0.699. The molecule has 8 nitrogen and oxygen atoms in total. The second-order valence-corrected chi connectivity index (χ2v) is 5.17. The fourth-order valence-electron chi connectivity index (χ4n) is 2.26.